The van der Waals surface area contributed by atoms with E-state index in [1.807, 2.05) is 31.2 Å². The van der Waals surface area contributed by atoms with Crippen LogP contribution in [0.3, 0.4) is 0 Å². The van der Waals surface area contributed by atoms with Gasteiger partial charge in [-0.25, -0.2) is 0 Å². The molecule has 0 heterocycles. The van der Waals surface area contributed by atoms with Crippen LogP contribution in [0.15, 0.2) is 24.3 Å². The van der Waals surface area contributed by atoms with Gasteiger partial charge in [0.15, 0.2) is 0 Å². The molecule has 0 aliphatic carbocycles. The molecular formula is C7H9NSi. The van der Waals surface area contributed by atoms with Crippen molar-refractivity contribution in [3.05, 3.63) is 29.8 Å². The van der Waals surface area contributed by atoms with Crippen LogP contribution in [0.25, 0.3) is 0 Å². The molecular weight excluding hydrogens is 126 g/mol. The molecule has 0 saturated heterocycles. The largest absolute Gasteiger partial charge is 0.399 e. The maximum Gasteiger partial charge on any atom is 0.0343 e. The second kappa shape index (κ2) is 3.30. The maximum absolute atomic E-state index is 5.52. The van der Waals surface area contributed by atoms with Gasteiger partial charge in [0.05, 0.1) is 0 Å². The predicted molar refractivity (Wildman–Crippen MR) is 41.3 cm³/mol. The topological polar surface area (TPSA) is 26.0 Å². The molecule has 0 spiro atoms. The Kier molecular flexibility index (Phi) is 3.02. The molecule has 0 aromatic heterocycles. The van der Waals surface area contributed by atoms with Gasteiger partial charge in [0.2, 0.25) is 0 Å². The molecule has 0 atom stereocenters. The predicted octanol–water partition coefficient (Wildman–Crippen LogP) is 1.20. The normalized spacial score (nSPS) is 8.11. The number of anilines is 1. The lowest BCUT2D eigenvalue weighted by molar-refractivity contribution is 1.47. The van der Waals surface area contributed by atoms with Gasteiger partial charge >= 0.3 is 0 Å². The summed E-state index contributed by atoms with van der Waals surface area (Å²) in [5, 5.41) is 0. The molecule has 0 fully saturated rings. The average Bonchev–Trinajstić information content (AvgIpc) is 1.77. The number of hydrogen-bond acceptors (Lipinski definition) is 1. The third-order valence-corrected chi connectivity index (χ3v) is 1.19. The van der Waals surface area contributed by atoms with E-state index in [1.54, 1.807) is 0 Å². The Bertz CT molecular complexity index is 165. The van der Waals surface area contributed by atoms with E-state index in [9.17, 15) is 0 Å². The molecule has 0 saturated carbocycles. The second-order valence-corrected chi connectivity index (χ2v) is 1.86. The Hall–Kier alpha value is -0.763. The smallest absolute Gasteiger partial charge is 0.0343 e. The Morgan fingerprint density at radius 2 is 1.78 bits per heavy atom. The molecule has 2 heteroatoms. The van der Waals surface area contributed by atoms with Crippen molar-refractivity contribution < 1.29 is 0 Å². The summed E-state index contributed by atoms with van der Waals surface area (Å²) in [6.07, 6.45) is 0. The zero-order chi connectivity index (χ0) is 5.98. The van der Waals surface area contributed by atoms with Crippen LogP contribution in [0.4, 0.5) is 5.69 Å². The van der Waals surface area contributed by atoms with E-state index in [0.717, 1.165) is 11.3 Å². The minimum Gasteiger partial charge on any atom is -0.399 e. The zero-order valence-electron chi connectivity index (χ0n) is 5.39. The number of rotatable bonds is 0. The number of hydrogen-bond donors (Lipinski definition) is 1. The number of nitrogen functional groups attached to an aromatic ring is 1. The van der Waals surface area contributed by atoms with Crippen molar-refractivity contribution in [1.82, 2.24) is 0 Å². The average molecular weight is 135 g/mol. The van der Waals surface area contributed by atoms with Crippen LogP contribution in [-0.2, 0) is 0 Å². The molecule has 1 aromatic rings. The molecule has 1 aromatic carbocycles. The standard InChI is InChI=1S/C7H9N.Si/c1-6-4-2-3-5-7(6)8;/h2-5H,8H2,1H3;. The summed E-state index contributed by atoms with van der Waals surface area (Å²) in [6, 6.07) is 7.80. The summed E-state index contributed by atoms with van der Waals surface area (Å²) >= 11 is 0. The summed E-state index contributed by atoms with van der Waals surface area (Å²) in [7, 11) is 0. The summed E-state index contributed by atoms with van der Waals surface area (Å²) in [5.41, 5.74) is 7.53. The van der Waals surface area contributed by atoms with E-state index in [0.29, 0.717) is 0 Å². The van der Waals surface area contributed by atoms with Crippen molar-refractivity contribution in [3.8, 4) is 0 Å². The second-order valence-electron chi connectivity index (χ2n) is 1.86. The number of nitrogens with two attached hydrogens (primary N) is 1. The molecule has 0 aliphatic rings. The van der Waals surface area contributed by atoms with Crippen molar-refractivity contribution in [2.45, 2.75) is 6.92 Å². The van der Waals surface area contributed by atoms with Crippen LogP contribution in [-0.4, -0.2) is 11.0 Å². The van der Waals surface area contributed by atoms with Gasteiger partial charge in [-0.2, -0.15) is 0 Å². The van der Waals surface area contributed by atoms with Gasteiger partial charge in [-0.3, -0.25) is 0 Å². The molecule has 0 bridgehead atoms. The number of benzene rings is 1. The van der Waals surface area contributed by atoms with Gasteiger partial charge in [-0.05, 0) is 18.6 Å². The van der Waals surface area contributed by atoms with Crippen LogP contribution in [0.1, 0.15) is 5.56 Å². The lowest BCUT2D eigenvalue weighted by Gasteiger charge is -1.93. The first-order valence-electron chi connectivity index (χ1n) is 2.62. The highest BCUT2D eigenvalue weighted by molar-refractivity contribution is 5.75. The fraction of sp³-hybridized carbons (Fsp3) is 0.143. The highest BCUT2D eigenvalue weighted by Crippen LogP contribution is 2.06. The third-order valence-electron chi connectivity index (χ3n) is 1.19. The Morgan fingerprint density at radius 3 is 2.11 bits per heavy atom. The maximum atomic E-state index is 5.52. The first-order valence-corrected chi connectivity index (χ1v) is 2.62. The first-order chi connectivity index (χ1) is 3.80. The molecule has 1 nitrogen and oxygen atoms in total. The van der Waals surface area contributed by atoms with Crippen molar-refractivity contribution in [2.24, 2.45) is 0 Å². The van der Waals surface area contributed by atoms with E-state index in [1.165, 1.54) is 0 Å². The summed E-state index contributed by atoms with van der Waals surface area (Å²) in [6.45, 7) is 2.00. The van der Waals surface area contributed by atoms with Gasteiger partial charge in [-0.15, -0.1) is 0 Å². The molecule has 0 unspecified atom stereocenters. The van der Waals surface area contributed by atoms with Gasteiger partial charge < -0.3 is 5.73 Å². The van der Waals surface area contributed by atoms with E-state index in [4.69, 9.17) is 5.73 Å². The van der Waals surface area contributed by atoms with E-state index < -0.39 is 0 Å². The van der Waals surface area contributed by atoms with Gasteiger partial charge in [0.1, 0.15) is 0 Å². The molecule has 9 heavy (non-hydrogen) atoms. The molecule has 0 amide bonds. The third kappa shape index (κ3) is 1.89. The lowest BCUT2D eigenvalue weighted by atomic mass is 10.2. The minimum absolute atomic E-state index is 0. The zero-order valence-corrected chi connectivity index (χ0v) is 6.39. The van der Waals surface area contributed by atoms with Crippen molar-refractivity contribution in [1.29, 1.82) is 0 Å². The fourth-order valence-electron chi connectivity index (χ4n) is 0.587. The molecule has 4 radical (unpaired) electrons. The van der Waals surface area contributed by atoms with Crippen LogP contribution in [0.5, 0.6) is 0 Å². The van der Waals surface area contributed by atoms with Crippen molar-refractivity contribution in [3.63, 3.8) is 0 Å². The van der Waals surface area contributed by atoms with Crippen LogP contribution < -0.4 is 5.73 Å². The quantitative estimate of drug-likeness (QED) is 0.420. The van der Waals surface area contributed by atoms with E-state index in [-0.39, 0.29) is 11.0 Å². The van der Waals surface area contributed by atoms with E-state index >= 15 is 0 Å². The Labute approximate surface area is 59.9 Å². The van der Waals surface area contributed by atoms with Crippen LogP contribution >= 0.6 is 0 Å². The van der Waals surface area contributed by atoms with Crippen LogP contribution in [0, 0.1) is 6.92 Å². The molecule has 1 rings (SSSR count). The lowest BCUT2D eigenvalue weighted by Crippen LogP contribution is -1.85. The van der Waals surface area contributed by atoms with Crippen molar-refractivity contribution >= 4 is 16.7 Å². The Balaban J connectivity index is 0.000000640. The monoisotopic (exact) mass is 135 g/mol. The minimum atomic E-state index is 0. The van der Waals surface area contributed by atoms with Gasteiger partial charge in [-0.1, -0.05) is 18.2 Å². The fourth-order valence-corrected chi connectivity index (χ4v) is 0.587. The number of para-hydroxylation sites is 1. The van der Waals surface area contributed by atoms with Crippen LogP contribution in [0.2, 0.25) is 0 Å². The number of aryl methyl sites for hydroxylation is 1. The van der Waals surface area contributed by atoms with Gasteiger partial charge in [0.25, 0.3) is 0 Å². The molecule has 46 valence electrons. The summed E-state index contributed by atoms with van der Waals surface area (Å²) in [5.74, 6) is 0. The summed E-state index contributed by atoms with van der Waals surface area (Å²) < 4.78 is 0. The SMILES string of the molecule is Cc1ccccc1N.[Si]. The highest BCUT2D eigenvalue weighted by Gasteiger charge is 1.84. The van der Waals surface area contributed by atoms with E-state index in [2.05, 4.69) is 0 Å². The first kappa shape index (κ1) is 8.24. The summed E-state index contributed by atoms with van der Waals surface area (Å²) in [4.78, 5) is 0. The van der Waals surface area contributed by atoms with Gasteiger partial charge in [0, 0.05) is 16.7 Å². The Morgan fingerprint density at radius 1 is 1.22 bits per heavy atom. The molecule has 2 N–H and O–H groups in total. The van der Waals surface area contributed by atoms with Crippen molar-refractivity contribution in [2.75, 3.05) is 5.73 Å². The molecule has 0 aliphatic heterocycles. The highest BCUT2D eigenvalue weighted by atomic mass is 28.1.